The largest absolute Gasteiger partial charge is 0.399 e. The summed E-state index contributed by atoms with van der Waals surface area (Å²) in [6, 6.07) is 15.5. The number of unbranched alkanes of at least 4 members (excludes halogenated alkanes) is 1. The SMILES string of the molecule is CCCCN(CC)Cc1cccc(CNC(=O)c2cccc(N)c2)c1. The first kappa shape index (κ1) is 19.0. The molecule has 0 atom stereocenters. The fourth-order valence-electron chi connectivity index (χ4n) is 2.79. The first-order valence-electron chi connectivity index (χ1n) is 9.06. The van der Waals surface area contributed by atoms with E-state index in [2.05, 4.69) is 42.3 Å². The fourth-order valence-corrected chi connectivity index (χ4v) is 2.79. The van der Waals surface area contributed by atoms with Crippen molar-refractivity contribution in [3.63, 3.8) is 0 Å². The van der Waals surface area contributed by atoms with Crippen molar-refractivity contribution in [2.45, 2.75) is 39.8 Å². The smallest absolute Gasteiger partial charge is 0.251 e. The van der Waals surface area contributed by atoms with Crippen LogP contribution in [0, 0.1) is 0 Å². The van der Waals surface area contributed by atoms with Gasteiger partial charge in [0, 0.05) is 24.3 Å². The van der Waals surface area contributed by atoms with Gasteiger partial charge in [-0.2, -0.15) is 0 Å². The maximum atomic E-state index is 12.2. The van der Waals surface area contributed by atoms with E-state index >= 15 is 0 Å². The Morgan fingerprint density at radius 3 is 2.56 bits per heavy atom. The van der Waals surface area contributed by atoms with Crippen molar-refractivity contribution >= 4 is 11.6 Å². The summed E-state index contributed by atoms with van der Waals surface area (Å²) in [5.41, 5.74) is 9.32. The summed E-state index contributed by atoms with van der Waals surface area (Å²) >= 11 is 0. The van der Waals surface area contributed by atoms with Crippen molar-refractivity contribution in [1.29, 1.82) is 0 Å². The molecule has 0 bridgehead atoms. The molecule has 134 valence electrons. The van der Waals surface area contributed by atoms with Crippen LogP contribution in [0.4, 0.5) is 5.69 Å². The molecule has 0 heterocycles. The third kappa shape index (κ3) is 6.24. The molecular weight excluding hydrogens is 310 g/mol. The third-order valence-corrected chi connectivity index (χ3v) is 4.27. The second-order valence-corrected chi connectivity index (χ2v) is 6.35. The molecule has 4 nitrogen and oxygen atoms in total. The Morgan fingerprint density at radius 2 is 1.84 bits per heavy atom. The van der Waals surface area contributed by atoms with Gasteiger partial charge in [-0.05, 0) is 48.8 Å². The molecular formula is C21H29N3O. The maximum Gasteiger partial charge on any atom is 0.251 e. The molecule has 0 saturated carbocycles. The van der Waals surface area contributed by atoms with Gasteiger partial charge in [-0.15, -0.1) is 0 Å². The topological polar surface area (TPSA) is 58.4 Å². The van der Waals surface area contributed by atoms with Gasteiger partial charge in [0.15, 0.2) is 0 Å². The number of carbonyl (C=O) groups is 1. The Bertz CT molecular complexity index is 684. The van der Waals surface area contributed by atoms with Crippen molar-refractivity contribution < 1.29 is 4.79 Å². The second-order valence-electron chi connectivity index (χ2n) is 6.35. The summed E-state index contributed by atoms with van der Waals surface area (Å²) in [5, 5.41) is 2.96. The van der Waals surface area contributed by atoms with Crippen LogP contribution in [0.5, 0.6) is 0 Å². The van der Waals surface area contributed by atoms with E-state index in [0.717, 1.165) is 25.2 Å². The van der Waals surface area contributed by atoms with Crippen LogP contribution in [0.15, 0.2) is 48.5 Å². The summed E-state index contributed by atoms with van der Waals surface area (Å²) in [7, 11) is 0. The highest BCUT2D eigenvalue weighted by Gasteiger charge is 2.07. The Labute approximate surface area is 151 Å². The lowest BCUT2D eigenvalue weighted by Crippen LogP contribution is -2.24. The Hall–Kier alpha value is -2.33. The highest BCUT2D eigenvalue weighted by Crippen LogP contribution is 2.10. The van der Waals surface area contributed by atoms with Gasteiger partial charge in [-0.1, -0.05) is 50.6 Å². The zero-order valence-electron chi connectivity index (χ0n) is 15.3. The van der Waals surface area contributed by atoms with E-state index in [4.69, 9.17) is 5.73 Å². The van der Waals surface area contributed by atoms with Gasteiger partial charge in [0.25, 0.3) is 5.91 Å². The highest BCUT2D eigenvalue weighted by atomic mass is 16.1. The quantitative estimate of drug-likeness (QED) is 0.683. The molecule has 2 aromatic carbocycles. The van der Waals surface area contributed by atoms with Crippen LogP contribution in [0.25, 0.3) is 0 Å². The minimum absolute atomic E-state index is 0.101. The van der Waals surface area contributed by atoms with E-state index in [1.165, 1.54) is 18.4 Å². The van der Waals surface area contributed by atoms with E-state index < -0.39 is 0 Å². The molecule has 0 radical (unpaired) electrons. The summed E-state index contributed by atoms with van der Waals surface area (Å²) in [5.74, 6) is -0.101. The number of nitrogens with one attached hydrogen (secondary N) is 1. The van der Waals surface area contributed by atoms with Crippen molar-refractivity contribution in [2.24, 2.45) is 0 Å². The molecule has 0 aromatic heterocycles. The van der Waals surface area contributed by atoms with Crippen LogP contribution < -0.4 is 11.1 Å². The van der Waals surface area contributed by atoms with Crippen LogP contribution in [0.3, 0.4) is 0 Å². The number of amides is 1. The lowest BCUT2D eigenvalue weighted by Gasteiger charge is -2.20. The number of rotatable bonds is 9. The first-order chi connectivity index (χ1) is 12.1. The molecule has 4 heteroatoms. The van der Waals surface area contributed by atoms with Crippen LogP contribution >= 0.6 is 0 Å². The standard InChI is InChI=1S/C21H29N3O/c1-3-5-12-24(4-2)16-18-9-6-8-17(13-18)15-23-21(25)19-10-7-11-20(22)14-19/h6-11,13-14H,3-5,12,15-16,22H2,1-2H3,(H,23,25). The molecule has 0 unspecified atom stereocenters. The van der Waals surface area contributed by atoms with E-state index in [1.54, 1.807) is 24.3 Å². The summed E-state index contributed by atoms with van der Waals surface area (Å²) in [4.78, 5) is 14.7. The number of hydrogen-bond donors (Lipinski definition) is 2. The maximum absolute atomic E-state index is 12.2. The van der Waals surface area contributed by atoms with Crippen molar-refractivity contribution in [2.75, 3.05) is 18.8 Å². The van der Waals surface area contributed by atoms with Crippen molar-refractivity contribution in [3.8, 4) is 0 Å². The number of nitrogens with two attached hydrogens (primary N) is 1. The Morgan fingerprint density at radius 1 is 1.08 bits per heavy atom. The number of nitrogen functional groups attached to an aromatic ring is 1. The molecule has 0 aliphatic heterocycles. The number of benzene rings is 2. The Balaban J connectivity index is 1.93. The highest BCUT2D eigenvalue weighted by molar-refractivity contribution is 5.94. The molecule has 0 saturated heterocycles. The lowest BCUT2D eigenvalue weighted by molar-refractivity contribution is 0.0951. The summed E-state index contributed by atoms with van der Waals surface area (Å²) in [6.45, 7) is 8.07. The first-order valence-corrected chi connectivity index (χ1v) is 9.06. The van der Waals surface area contributed by atoms with Crippen LogP contribution in [-0.4, -0.2) is 23.9 Å². The van der Waals surface area contributed by atoms with Gasteiger partial charge in [-0.25, -0.2) is 0 Å². The molecule has 0 spiro atoms. The minimum Gasteiger partial charge on any atom is -0.399 e. The predicted octanol–water partition coefficient (Wildman–Crippen LogP) is 3.82. The van der Waals surface area contributed by atoms with E-state index in [1.807, 2.05) is 6.07 Å². The average Bonchev–Trinajstić information content (AvgIpc) is 2.63. The Kier molecular flexibility index (Phi) is 7.48. The van der Waals surface area contributed by atoms with Crippen molar-refractivity contribution in [1.82, 2.24) is 10.2 Å². The molecule has 0 aliphatic carbocycles. The van der Waals surface area contributed by atoms with Gasteiger partial charge >= 0.3 is 0 Å². The molecule has 0 aliphatic rings. The predicted molar refractivity (Wildman–Crippen MR) is 104 cm³/mol. The van der Waals surface area contributed by atoms with E-state index in [0.29, 0.717) is 17.8 Å². The summed E-state index contributed by atoms with van der Waals surface area (Å²) < 4.78 is 0. The summed E-state index contributed by atoms with van der Waals surface area (Å²) in [6.07, 6.45) is 2.44. The van der Waals surface area contributed by atoms with Crippen LogP contribution in [0.2, 0.25) is 0 Å². The lowest BCUT2D eigenvalue weighted by atomic mass is 10.1. The molecule has 2 aromatic rings. The molecule has 2 rings (SSSR count). The van der Waals surface area contributed by atoms with Gasteiger partial charge in [0.2, 0.25) is 0 Å². The number of carbonyl (C=O) groups excluding carboxylic acids is 1. The van der Waals surface area contributed by atoms with Gasteiger partial charge < -0.3 is 11.1 Å². The number of nitrogens with zero attached hydrogens (tertiary/aromatic N) is 1. The number of anilines is 1. The van der Waals surface area contributed by atoms with Gasteiger partial charge in [0.1, 0.15) is 0 Å². The molecule has 1 amide bonds. The zero-order chi connectivity index (χ0) is 18.1. The molecule has 25 heavy (non-hydrogen) atoms. The van der Waals surface area contributed by atoms with Gasteiger partial charge in [-0.3, -0.25) is 9.69 Å². The minimum atomic E-state index is -0.101. The molecule has 3 N–H and O–H groups in total. The molecule has 0 fully saturated rings. The monoisotopic (exact) mass is 339 g/mol. The van der Waals surface area contributed by atoms with E-state index in [9.17, 15) is 4.79 Å². The van der Waals surface area contributed by atoms with Gasteiger partial charge in [0.05, 0.1) is 0 Å². The average molecular weight is 339 g/mol. The third-order valence-electron chi connectivity index (χ3n) is 4.27. The second kappa shape index (κ2) is 9.84. The zero-order valence-corrected chi connectivity index (χ0v) is 15.3. The van der Waals surface area contributed by atoms with Crippen molar-refractivity contribution in [3.05, 3.63) is 65.2 Å². The fraction of sp³-hybridized carbons (Fsp3) is 0.381. The van der Waals surface area contributed by atoms with Crippen LogP contribution in [0.1, 0.15) is 48.2 Å². The normalized spacial score (nSPS) is 10.8. The van der Waals surface area contributed by atoms with E-state index in [-0.39, 0.29) is 5.91 Å². The number of hydrogen-bond acceptors (Lipinski definition) is 3. The van der Waals surface area contributed by atoms with Crippen LogP contribution in [-0.2, 0) is 13.1 Å².